The van der Waals surface area contributed by atoms with Gasteiger partial charge in [-0.05, 0) is 23.0 Å². The van der Waals surface area contributed by atoms with Crippen molar-refractivity contribution in [3.8, 4) is 5.75 Å². The Morgan fingerprint density at radius 3 is 2.16 bits per heavy atom. The molecule has 1 saturated carbocycles. The molecular formula is C18H30O. The molecule has 1 aliphatic rings. The van der Waals surface area contributed by atoms with Crippen LogP contribution in [0.1, 0.15) is 71.8 Å². The zero-order valence-corrected chi connectivity index (χ0v) is 13.1. The molecule has 0 spiro atoms. The minimum absolute atomic E-state index is 0.0331. The Labute approximate surface area is 119 Å². The second kappa shape index (κ2) is 7.57. The molecule has 0 unspecified atom stereocenters. The fourth-order valence-electron chi connectivity index (χ4n) is 2.38. The minimum atomic E-state index is 0.0331. The fraction of sp³-hybridized carbons (Fsp3) is 0.667. The van der Waals surface area contributed by atoms with Gasteiger partial charge in [-0.2, -0.15) is 0 Å². The van der Waals surface area contributed by atoms with Crippen molar-refractivity contribution < 1.29 is 5.11 Å². The minimum Gasteiger partial charge on any atom is -0.508 e. The Bertz CT molecular complexity index is 358. The summed E-state index contributed by atoms with van der Waals surface area (Å²) in [7, 11) is 0. The zero-order valence-electron chi connectivity index (χ0n) is 13.1. The highest BCUT2D eigenvalue weighted by Crippen LogP contribution is 2.30. The lowest BCUT2D eigenvalue weighted by atomic mass is 9.82. The van der Waals surface area contributed by atoms with Gasteiger partial charge < -0.3 is 5.11 Å². The third kappa shape index (κ3) is 5.67. The average molecular weight is 262 g/mol. The van der Waals surface area contributed by atoms with E-state index in [2.05, 4.69) is 27.7 Å². The molecule has 2 rings (SSSR count). The summed E-state index contributed by atoms with van der Waals surface area (Å²) in [6.45, 7) is 8.53. The molecule has 0 radical (unpaired) electrons. The lowest BCUT2D eigenvalue weighted by molar-refractivity contribution is 0.289. The first-order valence-corrected chi connectivity index (χ1v) is 7.73. The molecule has 0 amide bonds. The highest BCUT2D eigenvalue weighted by atomic mass is 16.3. The topological polar surface area (TPSA) is 20.2 Å². The van der Waals surface area contributed by atoms with Crippen LogP contribution in [0.4, 0.5) is 0 Å². The van der Waals surface area contributed by atoms with Gasteiger partial charge in [0.1, 0.15) is 5.75 Å². The maximum atomic E-state index is 9.45. The van der Waals surface area contributed by atoms with E-state index < -0.39 is 0 Å². The summed E-state index contributed by atoms with van der Waals surface area (Å²) in [5, 5.41) is 9.45. The summed E-state index contributed by atoms with van der Waals surface area (Å²) in [6, 6.07) is 7.46. The van der Waals surface area contributed by atoms with E-state index in [1.165, 1.54) is 38.5 Å². The number of unbranched alkanes of at least 4 members (excludes halogenated alkanes) is 1. The van der Waals surface area contributed by atoms with Crippen LogP contribution in [0.3, 0.4) is 0 Å². The monoisotopic (exact) mass is 262 g/mol. The molecule has 0 aliphatic heterocycles. The van der Waals surface area contributed by atoms with E-state index in [1.807, 2.05) is 18.2 Å². The van der Waals surface area contributed by atoms with Crippen LogP contribution >= 0.6 is 0 Å². The third-order valence-corrected chi connectivity index (χ3v) is 3.90. The standard InChI is InChI=1S/C10H14O.C8H16/c1-10(2,3)8-6-4-5-7-9(8)11;1-2-3-5-8-6-4-7-8/h4-7,11H,1-3H3;8H,2-7H2,1H3. The van der Waals surface area contributed by atoms with Gasteiger partial charge in [-0.15, -0.1) is 0 Å². The Kier molecular flexibility index (Phi) is 6.41. The zero-order chi connectivity index (χ0) is 14.3. The van der Waals surface area contributed by atoms with Crippen molar-refractivity contribution >= 4 is 0 Å². The molecule has 1 aromatic rings. The van der Waals surface area contributed by atoms with Crippen LogP contribution in [-0.4, -0.2) is 5.11 Å². The molecule has 1 heteroatoms. The highest BCUT2D eigenvalue weighted by molar-refractivity contribution is 5.36. The fourth-order valence-corrected chi connectivity index (χ4v) is 2.38. The van der Waals surface area contributed by atoms with E-state index in [-0.39, 0.29) is 5.41 Å². The van der Waals surface area contributed by atoms with Crippen LogP contribution in [0.25, 0.3) is 0 Å². The summed E-state index contributed by atoms with van der Waals surface area (Å²) in [5.74, 6) is 1.52. The Morgan fingerprint density at radius 1 is 1.16 bits per heavy atom. The normalized spacial score (nSPS) is 15.4. The van der Waals surface area contributed by atoms with Gasteiger partial charge in [-0.25, -0.2) is 0 Å². The van der Waals surface area contributed by atoms with Crippen LogP contribution in [0.15, 0.2) is 24.3 Å². The third-order valence-electron chi connectivity index (χ3n) is 3.90. The Hall–Kier alpha value is -0.980. The summed E-state index contributed by atoms with van der Waals surface area (Å²) in [6.07, 6.45) is 8.92. The first-order valence-electron chi connectivity index (χ1n) is 7.73. The molecule has 1 aliphatic carbocycles. The van der Waals surface area contributed by atoms with E-state index >= 15 is 0 Å². The lowest BCUT2D eigenvalue weighted by Gasteiger charge is -2.24. The maximum Gasteiger partial charge on any atom is 0.119 e. The molecule has 1 fully saturated rings. The maximum absolute atomic E-state index is 9.45. The smallest absolute Gasteiger partial charge is 0.119 e. The number of para-hydroxylation sites is 1. The molecule has 1 nitrogen and oxygen atoms in total. The predicted octanol–water partition coefficient (Wildman–Crippen LogP) is 5.67. The summed E-state index contributed by atoms with van der Waals surface area (Å²) in [5.41, 5.74) is 1.03. The van der Waals surface area contributed by atoms with Crippen LogP contribution in [-0.2, 0) is 5.41 Å². The number of aromatic hydroxyl groups is 1. The van der Waals surface area contributed by atoms with E-state index in [0.717, 1.165) is 11.5 Å². The van der Waals surface area contributed by atoms with Crippen LogP contribution in [0.5, 0.6) is 5.75 Å². The largest absolute Gasteiger partial charge is 0.508 e. The molecule has 0 saturated heterocycles. The Morgan fingerprint density at radius 2 is 1.79 bits per heavy atom. The van der Waals surface area contributed by atoms with E-state index in [4.69, 9.17) is 0 Å². The molecule has 1 N–H and O–H groups in total. The van der Waals surface area contributed by atoms with Crippen molar-refractivity contribution in [2.75, 3.05) is 0 Å². The van der Waals surface area contributed by atoms with Gasteiger partial charge in [0.2, 0.25) is 0 Å². The van der Waals surface area contributed by atoms with Gasteiger partial charge in [-0.1, -0.05) is 84.4 Å². The predicted molar refractivity (Wildman–Crippen MR) is 83.7 cm³/mol. The molecule has 108 valence electrons. The molecule has 0 atom stereocenters. The second-order valence-electron chi connectivity index (χ2n) is 6.71. The van der Waals surface area contributed by atoms with Crippen LogP contribution in [0, 0.1) is 5.92 Å². The highest BCUT2D eigenvalue weighted by Gasteiger charge is 2.16. The van der Waals surface area contributed by atoms with Gasteiger partial charge in [0.15, 0.2) is 0 Å². The number of rotatable bonds is 3. The average Bonchev–Trinajstić information content (AvgIpc) is 2.27. The lowest BCUT2D eigenvalue weighted by Crippen LogP contribution is -2.10. The quantitative estimate of drug-likeness (QED) is 0.744. The molecule has 1 aromatic carbocycles. The van der Waals surface area contributed by atoms with E-state index in [1.54, 1.807) is 6.07 Å². The summed E-state index contributed by atoms with van der Waals surface area (Å²) in [4.78, 5) is 0. The van der Waals surface area contributed by atoms with Crippen molar-refractivity contribution in [3.63, 3.8) is 0 Å². The first kappa shape index (κ1) is 16.1. The number of hydrogen-bond donors (Lipinski definition) is 1. The van der Waals surface area contributed by atoms with Crippen molar-refractivity contribution in [2.24, 2.45) is 5.92 Å². The number of phenols is 1. The van der Waals surface area contributed by atoms with Gasteiger partial charge in [0, 0.05) is 0 Å². The SMILES string of the molecule is CC(C)(C)c1ccccc1O.CCCCC1CCC1. The van der Waals surface area contributed by atoms with E-state index in [0.29, 0.717) is 5.75 Å². The van der Waals surface area contributed by atoms with E-state index in [9.17, 15) is 5.11 Å². The van der Waals surface area contributed by atoms with Crippen molar-refractivity contribution in [1.29, 1.82) is 0 Å². The van der Waals surface area contributed by atoms with Crippen LogP contribution in [0.2, 0.25) is 0 Å². The summed E-state index contributed by atoms with van der Waals surface area (Å²) >= 11 is 0. The van der Waals surface area contributed by atoms with Crippen molar-refractivity contribution in [3.05, 3.63) is 29.8 Å². The molecular weight excluding hydrogens is 232 g/mol. The van der Waals surface area contributed by atoms with Crippen molar-refractivity contribution in [1.82, 2.24) is 0 Å². The van der Waals surface area contributed by atoms with Gasteiger partial charge in [0.25, 0.3) is 0 Å². The van der Waals surface area contributed by atoms with Gasteiger partial charge >= 0.3 is 0 Å². The number of benzene rings is 1. The molecule has 19 heavy (non-hydrogen) atoms. The Balaban J connectivity index is 0.000000200. The first-order chi connectivity index (χ1) is 8.95. The molecule has 0 bridgehead atoms. The van der Waals surface area contributed by atoms with Gasteiger partial charge in [0.05, 0.1) is 0 Å². The number of hydrogen-bond acceptors (Lipinski definition) is 1. The summed E-state index contributed by atoms with van der Waals surface area (Å²) < 4.78 is 0. The van der Waals surface area contributed by atoms with Crippen molar-refractivity contribution in [2.45, 2.75) is 71.6 Å². The van der Waals surface area contributed by atoms with Crippen LogP contribution < -0.4 is 0 Å². The number of phenolic OH excluding ortho intramolecular Hbond substituents is 1. The second-order valence-corrected chi connectivity index (χ2v) is 6.71. The van der Waals surface area contributed by atoms with Gasteiger partial charge in [-0.3, -0.25) is 0 Å². The molecule has 0 aromatic heterocycles. The molecule has 0 heterocycles.